The van der Waals surface area contributed by atoms with Crippen molar-refractivity contribution < 1.29 is 170 Å². The standard InChI is InChI=1S/C7H12ClO6P.4C6H11O6P.C5H9O6P/c1-5(2)7(9)13-4-6(3-8)14-15(10,11)12;4*1-5(2)6(7)11-3-4-12-13(8,9)10;1-2-5(6)10-3-4-11-12(7,8)9/h6H,1,3-4H2,2H3,(H2,10,11,12);4*1,3-4H2,2H3,(H2,8,9,10);2H,1,3-4H2,(H2,7,8,9). The van der Waals surface area contributed by atoms with Crippen LogP contribution in [0.4, 0.5) is 0 Å². The van der Waals surface area contributed by atoms with Crippen LogP contribution in [0.2, 0.25) is 0 Å². The highest BCUT2D eigenvalue weighted by Gasteiger charge is 2.23. The van der Waals surface area contributed by atoms with Crippen molar-refractivity contribution in [3.8, 4) is 0 Å². The van der Waals surface area contributed by atoms with Crippen molar-refractivity contribution in [1.82, 2.24) is 0 Å². The largest absolute Gasteiger partial charge is 0.470 e. The van der Waals surface area contributed by atoms with Gasteiger partial charge in [0.2, 0.25) is 0 Å². The molecule has 0 fully saturated rings. The third kappa shape index (κ3) is 78.5. The van der Waals surface area contributed by atoms with Gasteiger partial charge < -0.3 is 87.1 Å². The number of rotatable bonds is 31. The molecule has 0 amide bonds. The monoisotopic (exact) mass is 1290 g/mol. The van der Waals surface area contributed by atoms with Crippen LogP contribution in [0.1, 0.15) is 34.6 Å². The summed E-state index contributed by atoms with van der Waals surface area (Å²) in [6.45, 7) is 23.9. The van der Waals surface area contributed by atoms with E-state index in [9.17, 15) is 56.2 Å². The van der Waals surface area contributed by atoms with Crippen molar-refractivity contribution in [3.05, 3.63) is 73.4 Å². The topological polar surface area (TPSA) is 558 Å². The molecule has 0 aliphatic rings. The zero-order valence-corrected chi connectivity index (χ0v) is 48.7. The Balaban J connectivity index is -0.000000203. The van der Waals surface area contributed by atoms with Gasteiger partial charge in [-0.15, -0.1) is 11.6 Å². The number of esters is 6. The smallest absolute Gasteiger partial charge is 0.460 e. The fourth-order valence-electron chi connectivity index (χ4n) is 2.60. The van der Waals surface area contributed by atoms with Gasteiger partial charge in [0.15, 0.2) is 0 Å². The lowest BCUT2D eigenvalue weighted by Crippen LogP contribution is -2.23. The Morgan fingerprint density at radius 2 is 0.582 bits per heavy atom. The maximum Gasteiger partial charge on any atom is 0.470 e. The fourth-order valence-corrected chi connectivity index (χ4v) is 4.93. The molecule has 1 atom stereocenters. The zero-order chi connectivity index (χ0) is 63.6. The van der Waals surface area contributed by atoms with Gasteiger partial charge in [-0.2, -0.15) is 0 Å². The molecule has 36 nitrogen and oxygen atoms in total. The molecule has 0 heterocycles. The molecule has 0 aromatic carbocycles. The molecule has 0 spiro atoms. The summed E-state index contributed by atoms with van der Waals surface area (Å²) in [5.74, 6) is -4.00. The second kappa shape index (κ2) is 45.8. The van der Waals surface area contributed by atoms with Crippen LogP contribution in [-0.4, -0.2) is 179 Å². The predicted octanol–water partition coefficient (Wildman–Crippen LogP) is 1.51. The van der Waals surface area contributed by atoms with Crippen LogP contribution in [0, 0.1) is 0 Å². The Morgan fingerprint density at radius 1 is 0.380 bits per heavy atom. The maximum absolute atomic E-state index is 10.9. The predicted molar refractivity (Wildman–Crippen MR) is 268 cm³/mol. The van der Waals surface area contributed by atoms with Crippen LogP contribution in [0.25, 0.3) is 0 Å². The van der Waals surface area contributed by atoms with Gasteiger partial charge >= 0.3 is 82.8 Å². The van der Waals surface area contributed by atoms with E-state index in [4.69, 9.17) is 70.3 Å². The van der Waals surface area contributed by atoms with E-state index in [1.807, 2.05) is 0 Å². The number of alkyl halides is 1. The number of ether oxygens (including phenoxy) is 6. The molecule has 12 N–H and O–H groups in total. The minimum absolute atomic E-state index is 0.180. The molecule has 462 valence electrons. The maximum atomic E-state index is 10.9. The number of hydrogen-bond acceptors (Lipinski definition) is 24. The lowest BCUT2D eigenvalue weighted by Gasteiger charge is -2.15. The van der Waals surface area contributed by atoms with E-state index < -0.39 is 88.9 Å². The first-order valence-corrected chi connectivity index (χ1v) is 30.0. The van der Waals surface area contributed by atoms with Crippen molar-refractivity contribution in [2.45, 2.75) is 40.7 Å². The lowest BCUT2D eigenvalue weighted by atomic mass is 10.3. The molecule has 0 aromatic rings. The van der Waals surface area contributed by atoms with Crippen LogP contribution in [-0.2, 0) is 112 Å². The highest BCUT2D eigenvalue weighted by molar-refractivity contribution is 7.47. The lowest BCUT2D eigenvalue weighted by molar-refractivity contribution is -0.141. The average molecular weight is 1300 g/mol. The van der Waals surface area contributed by atoms with E-state index in [0.717, 1.165) is 6.08 Å². The normalized spacial score (nSPS) is 11.4. The SMILES string of the molecule is C=C(C)C(=O)OCC(CCl)OP(=O)(O)O.C=C(C)C(=O)OCCOP(=O)(O)O.C=C(C)C(=O)OCCOP(=O)(O)O.C=C(C)C(=O)OCCOP(=O)(O)O.C=C(C)C(=O)OCCOP(=O)(O)O.C=CC(=O)OCCOP(=O)(O)O. The molecule has 0 radical (unpaired) electrons. The minimum atomic E-state index is -4.62. The molecule has 0 bridgehead atoms. The highest BCUT2D eigenvalue weighted by atomic mass is 35.5. The van der Waals surface area contributed by atoms with E-state index in [1.165, 1.54) is 34.6 Å². The molecule has 0 aliphatic carbocycles. The first-order valence-electron chi connectivity index (χ1n) is 20.2. The zero-order valence-electron chi connectivity index (χ0n) is 42.6. The van der Waals surface area contributed by atoms with E-state index in [1.54, 1.807) is 0 Å². The van der Waals surface area contributed by atoms with Crippen molar-refractivity contribution in [2.24, 2.45) is 0 Å². The molecule has 1 unspecified atom stereocenters. The average Bonchev–Trinajstić information content (AvgIpc) is 3.28. The molecule has 0 saturated heterocycles. The van der Waals surface area contributed by atoms with Crippen molar-refractivity contribution in [1.29, 1.82) is 0 Å². The minimum Gasteiger partial charge on any atom is -0.460 e. The molecule has 0 aromatic heterocycles. The summed E-state index contributed by atoms with van der Waals surface area (Å²) in [5.41, 5.74) is 1.05. The number of hydrogen-bond donors (Lipinski definition) is 12. The molecular weight excluding hydrogens is 1230 g/mol. The van der Waals surface area contributed by atoms with Crippen molar-refractivity contribution in [2.75, 3.05) is 78.6 Å². The third-order valence-electron chi connectivity index (χ3n) is 5.66. The number of phosphoric acid groups is 6. The molecule has 0 rings (SSSR count). The number of carbonyl (C=O) groups is 6. The van der Waals surface area contributed by atoms with Gasteiger partial charge in [-0.3, -0.25) is 27.1 Å². The Morgan fingerprint density at radius 3 is 0.747 bits per heavy atom. The summed E-state index contributed by atoms with van der Waals surface area (Å²) in [6, 6.07) is 0. The summed E-state index contributed by atoms with van der Waals surface area (Å²) in [5, 5.41) is 0. The summed E-state index contributed by atoms with van der Waals surface area (Å²) < 4.78 is 112. The Labute approximate surface area is 456 Å². The van der Waals surface area contributed by atoms with Gasteiger partial charge in [0.05, 0.1) is 38.9 Å². The molecule has 43 heteroatoms. The number of halogens is 1. The summed E-state index contributed by atoms with van der Waals surface area (Å²) >= 11 is 5.35. The Bertz CT molecular complexity index is 2060. The first kappa shape index (κ1) is 86.5. The third-order valence-corrected chi connectivity index (χ3v) is 9.17. The van der Waals surface area contributed by atoms with Gasteiger partial charge in [0.1, 0.15) is 45.7 Å². The summed E-state index contributed by atoms with van der Waals surface area (Å²) in [7, 11) is -26.9. The van der Waals surface area contributed by atoms with Gasteiger partial charge in [0, 0.05) is 33.9 Å². The van der Waals surface area contributed by atoms with Crippen LogP contribution in [0.15, 0.2) is 73.4 Å². The quantitative estimate of drug-likeness (QED) is 0.0117. The fraction of sp³-hybridized carbons (Fsp3) is 0.500. The molecule has 79 heavy (non-hydrogen) atoms. The van der Waals surface area contributed by atoms with Crippen LogP contribution in [0.3, 0.4) is 0 Å². The van der Waals surface area contributed by atoms with Gasteiger partial charge in [-0.25, -0.2) is 56.2 Å². The number of carbonyl (C=O) groups excluding carboxylic acids is 6. The molecule has 0 saturated carbocycles. The first-order chi connectivity index (χ1) is 35.5. The Hall–Kier alpha value is -3.79. The van der Waals surface area contributed by atoms with Crippen LogP contribution in [0.5, 0.6) is 0 Å². The van der Waals surface area contributed by atoms with Gasteiger partial charge in [-0.1, -0.05) is 39.5 Å². The van der Waals surface area contributed by atoms with Crippen LogP contribution < -0.4 is 0 Å². The highest BCUT2D eigenvalue weighted by Crippen LogP contribution is 2.39. The summed E-state index contributed by atoms with van der Waals surface area (Å²) in [4.78, 5) is 163. The Kier molecular flexibility index (Phi) is 50.1. The molecule has 0 aliphatic heterocycles. The van der Waals surface area contributed by atoms with E-state index >= 15 is 0 Å². The van der Waals surface area contributed by atoms with Crippen molar-refractivity contribution in [3.63, 3.8) is 0 Å². The summed E-state index contributed by atoms with van der Waals surface area (Å²) in [6.07, 6.45) is -0.104. The second-order valence-corrected chi connectivity index (χ2v) is 21.1. The molecular formula is C36H65ClO36P6. The van der Waals surface area contributed by atoms with Gasteiger partial charge in [-0.05, 0) is 34.6 Å². The van der Waals surface area contributed by atoms with E-state index in [2.05, 4.69) is 95.0 Å². The van der Waals surface area contributed by atoms with E-state index in [0.29, 0.717) is 0 Å². The second-order valence-electron chi connectivity index (χ2n) is 13.4. The van der Waals surface area contributed by atoms with Crippen LogP contribution >= 0.6 is 58.5 Å². The van der Waals surface area contributed by atoms with Crippen molar-refractivity contribution >= 4 is 94.4 Å². The van der Waals surface area contributed by atoms with Gasteiger partial charge in [0.25, 0.3) is 0 Å². The number of phosphoric ester groups is 6. The van der Waals surface area contributed by atoms with E-state index in [-0.39, 0.29) is 106 Å².